The number of esters is 1. The van der Waals surface area contributed by atoms with Crippen LogP contribution in [-0.2, 0) is 10.9 Å². The van der Waals surface area contributed by atoms with Crippen LogP contribution in [0.5, 0.6) is 0 Å². The number of hydrogen-bond donors (Lipinski definition) is 1. The van der Waals surface area contributed by atoms with Gasteiger partial charge in [-0.05, 0) is 13.0 Å². The van der Waals surface area contributed by atoms with Crippen LogP contribution in [-0.4, -0.2) is 24.6 Å². The largest absolute Gasteiger partial charge is 0.462 e. The summed E-state index contributed by atoms with van der Waals surface area (Å²) in [7, 11) is 1.53. The average Bonchev–Trinajstić information content (AvgIpc) is 2.44. The summed E-state index contributed by atoms with van der Waals surface area (Å²) in [6.07, 6.45) is -3.41. The molecule has 2 aromatic rings. The van der Waals surface area contributed by atoms with Gasteiger partial charge in [-0.25, -0.2) is 4.79 Å². The van der Waals surface area contributed by atoms with Crippen molar-refractivity contribution in [3.63, 3.8) is 0 Å². The van der Waals surface area contributed by atoms with Gasteiger partial charge in [0.25, 0.3) is 0 Å². The molecule has 0 atom stereocenters. The fourth-order valence-corrected chi connectivity index (χ4v) is 2.08. The van der Waals surface area contributed by atoms with Crippen molar-refractivity contribution < 1.29 is 22.7 Å². The van der Waals surface area contributed by atoms with Crippen LogP contribution in [0.4, 0.5) is 18.9 Å². The molecular formula is C14H13F3N2O2. The van der Waals surface area contributed by atoms with E-state index in [9.17, 15) is 18.0 Å². The number of alkyl halides is 3. The molecule has 0 saturated heterocycles. The summed E-state index contributed by atoms with van der Waals surface area (Å²) in [6, 6.07) is 3.72. The van der Waals surface area contributed by atoms with E-state index in [-0.39, 0.29) is 28.8 Å². The van der Waals surface area contributed by atoms with Crippen molar-refractivity contribution in [2.75, 3.05) is 19.0 Å². The number of anilines is 1. The molecule has 21 heavy (non-hydrogen) atoms. The Kier molecular flexibility index (Phi) is 4.02. The number of halogens is 3. The number of nitrogens with zero attached hydrogens (tertiary/aromatic N) is 1. The summed E-state index contributed by atoms with van der Waals surface area (Å²) in [4.78, 5) is 15.6. The molecule has 1 N–H and O–H groups in total. The Hall–Kier alpha value is -2.31. The highest BCUT2D eigenvalue weighted by Gasteiger charge is 2.33. The van der Waals surface area contributed by atoms with Gasteiger partial charge in [0.15, 0.2) is 0 Å². The van der Waals surface area contributed by atoms with Crippen molar-refractivity contribution in [2.45, 2.75) is 13.1 Å². The monoisotopic (exact) mass is 298 g/mol. The van der Waals surface area contributed by atoms with Crippen molar-refractivity contribution in [3.8, 4) is 0 Å². The van der Waals surface area contributed by atoms with Gasteiger partial charge in [0.1, 0.15) is 5.56 Å². The average molecular weight is 298 g/mol. The molecule has 0 unspecified atom stereocenters. The highest BCUT2D eigenvalue weighted by Crippen LogP contribution is 2.36. The maximum absolute atomic E-state index is 13.0. The summed E-state index contributed by atoms with van der Waals surface area (Å²) >= 11 is 0. The molecule has 0 bridgehead atoms. The molecule has 1 aromatic carbocycles. The molecule has 4 nitrogen and oxygen atoms in total. The summed E-state index contributed by atoms with van der Waals surface area (Å²) in [5, 5.41) is 2.97. The van der Waals surface area contributed by atoms with E-state index < -0.39 is 17.7 Å². The normalized spacial score (nSPS) is 11.5. The summed E-state index contributed by atoms with van der Waals surface area (Å²) in [6.45, 7) is 1.82. The Bertz CT molecular complexity index is 684. The minimum absolute atomic E-state index is 0.103. The first-order valence-corrected chi connectivity index (χ1v) is 6.24. The first-order chi connectivity index (χ1) is 9.90. The van der Waals surface area contributed by atoms with Crippen molar-refractivity contribution in [3.05, 3.63) is 35.5 Å². The third-order valence-corrected chi connectivity index (χ3v) is 2.95. The van der Waals surface area contributed by atoms with Gasteiger partial charge in [-0.15, -0.1) is 0 Å². The maximum atomic E-state index is 13.0. The molecule has 1 aromatic heterocycles. The summed E-state index contributed by atoms with van der Waals surface area (Å²) in [5.74, 6) is -0.631. The zero-order chi connectivity index (χ0) is 15.6. The molecule has 0 aliphatic heterocycles. The fourth-order valence-electron chi connectivity index (χ4n) is 2.08. The van der Waals surface area contributed by atoms with Crippen molar-refractivity contribution in [2.24, 2.45) is 0 Å². The lowest BCUT2D eigenvalue weighted by molar-refractivity contribution is -0.136. The predicted molar refractivity (Wildman–Crippen MR) is 72.2 cm³/mol. The van der Waals surface area contributed by atoms with Gasteiger partial charge >= 0.3 is 12.1 Å². The van der Waals surface area contributed by atoms with Gasteiger partial charge in [-0.2, -0.15) is 13.2 Å². The van der Waals surface area contributed by atoms with Gasteiger partial charge in [0.2, 0.25) is 0 Å². The van der Waals surface area contributed by atoms with Crippen LogP contribution in [0.3, 0.4) is 0 Å². The minimum atomic E-state index is -4.51. The smallest absolute Gasteiger partial charge is 0.418 e. The predicted octanol–water partition coefficient (Wildman–Crippen LogP) is 3.47. The van der Waals surface area contributed by atoms with E-state index in [0.29, 0.717) is 0 Å². The summed E-state index contributed by atoms with van der Waals surface area (Å²) < 4.78 is 43.8. The molecule has 0 amide bonds. The van der Waals surface area contributed by atoms with Crippen LogP contribution in [0, 0.1) is 0 Å². The van der Waals surface area contributed by atoms with Crippen LogP contribution >= 0.6 is 0 Å². The SMILES string of the molecule is CCOC(=O)c1cnc2c(C(F)(F)F)cccc2c1NC. The van der Waals surface area contributed by atoms with E-state index in [4.69, 9.17) is 4.74 Å². The number of aromatic nitrogens is 1. The van der Waals surface area contributed by atoms with Gasteiger partial charge in [-0.1, -0.05) is 12.1 Å². The third kappa shape index (κ3) is 2.76. The topological polar surface area (TPSA) is 51.2 Å². The first kappa shape index (κ1) is 15.1. The number of fused-ring (bicyclic) bond motifs is 1. The second kappa shape index (κ2) is 5.59. The molecule has 0 aliphatic carbocycles. The highest BCUT2D eigenvalue weighted by atomic mass is 19.4. The number of carbonyl (C=O) groups is 1. The van der Waals surface area contributed by atoms with E-state index in [1.807, 2.05) is 0 Å². The van der Waals surface area contributed by atoms with Crippen molar-refractivity contribution in [1.29, 1.82) is 0 Å². The quantitative estimate of drug-likeness (QED) is 0.882. The van der Waals surface area contributed by atoms with Crippen molar-refractivity contribution in [1.82, 2.24) is 4.98 Å². The van der Waals surface area contributed by atoms with E-state index in [1.165, 1.54) is 19.2 Å². The van der Waals surface area contributed by atoms with Gasteiger partial charge in [0, 0.05) is 18.6 Å². The molecule has 112 valence electrons. The molecule has 0 radical (unpaired) electrons. The number of ether oxygens (including phenoxy) is 1. The Labute approximate surface area is 118 Å². The molecule has 0 spiro atoms. The lowest BCUT2D eigenvalue weighted by Gasteiger charge is -2.14. The number of benzene rings is 1. The molecule has 1 heterocycles. The van der Waals surface area contributed by atoms with Gasteiger partial charge in [0.05, 0.1) is 23.4 Å². The van der Waals surface area contributed by atoms with Crippen LogP contribution in [0.1, 0.15) is 22.8 Å². The van der Waals surface area contributed by atoms with E-state index in [1.54, 1.807) is 6.92 Å². The van der Waals surface area contributed by atoms with E-state index in [0.717, 1.165) is 12.3 Å². The number of para-hydroxylation sites is 1. The minimum Gasteiger partial charge on any atom is -0.462 e. The number of carbonyl (C=O) groups excluding carboxylic acids is 1. The lowest BCUT2D eigenvalue weighted by Crippen LogP contribution is -2.11. The Morgan fingerprint density at radius 3 is 2.67 bits per heavy atom. The Morgan fingerprint density at radius 1 is 1.38 bits per heavy atom. The zero-order valence-corrected chi connectivity index (χ0v) is 11.4. The van der Waals surface area contributed by atoms with Gasteiger partial charge in [-0.3, -0.25) is 4.98 Å². The molecular weight excluding hydrogens is 285 g/mol. The molecule has 7 heteroatoms. The number of nitrogens with one attached hydrogen (secondary N) is 1. The lowest BCUT2D eigenvalue weighted by atomic mass is 10.0. The zero-order valence-electron chi connectivity index (χ0n) is 11.4. The maximum Gasteiger partial charge on any atom is 0.418 e. The number of hydrogen-bond acceptors (Lipinski definition) is 4. The second-order valence-electron chi connectivity index (χ2n) is 4.22. The fraction of sp³-hybridized carbons (Fsp3) is 0.286. The van der Waals surface area contributed by atoms with Gasteiger partial charge < -0.3 is 10.1 Å². The third-order valence-electron chi connectivity index (χ3n) is 2.95. The van der Waals surface area contributed by atoms with Crippen LogP contribution in [0.15, 0.2) is 24.4 Å². The molecule has 0 saturated carbocycles. The van der Waals surface area contributed by atoms with Crippen LogP contribution in [0.25, 0.3) is 10.9 Å². The highest BCUT2D eigenvalue weighted by molar-refractivity contribution is 6.05. The standard InChI is InChI=1S/C14H13F3N2O2/c1-3-21-13(20)9-7-19-12-8(11(9)18-2)5-4-6-10(12)14(15,16)17/h4-7H,3H2,1-2H3,(H,18,19). The van der Waals surface area contributed by atoms with Crippen molar-refractivity contribution >= 4 is 22.6 Å². The van der Waals surface area contributed by atoms with E-state index in [2.05, 4.69) is 10.3 Å². The molecule has 2 rings (SSSR count). The number of pyridine rings is 1. The Balaban J connectivity index is 2.72. The second-order valence-corrected chi connectivity index (χ2v) is 4.22. The Morgan fingerprint density at radius 2 is 2.10 bits per heavy atom. The molecule has 0 aliphatic rings. The van der Waals surface area contributed by atoms with Crippen LogP contribution in [0.2, 0.25) is 0 Å². The molecule has 0 fully saturated rings. The summed E-state index contributed by atoms with van der Waals surface area (Å²) in [5.41, 5.74) is -0.676. The van der Waals surface area contributed by atoms with Crippen LogP contribution < -0.4 is 5.32 Å². The number of rotatable bonds is 3. The first-order valence-electron chi connectivity index (χ1n) is 6.24. The van der Waals surface area contributed by atoms with E-state index >= 15 is 0 Å².